The summed E-state index contributed by atoms with van der Waals surface area (Å²) in [5.74, 6) is 0.460. The SMILES string of the molecule is CC(C)(C)[Si](OC[C@@H]1C=C[C@H]2OC[C@@H]3CC(=O)C([Si](C)(C)C)=C3[C@H]2O1)(c1ccccc1)c1ccccc1. The standard InChI is InChI=1S/C31H40O4Si2/c1-31(2,3)37(24-13-9-7-10-14-24,25-15-11-8-12-16-25)34-21-23-17-18-27-29(35-23)28-22(20-33-27)19-26(32)30(28)36(4,5)6/h7-18,22-23,27,29H,19-21H2,1-6H3/t22-,23-,27+,29-/m0/s1. The third-order valence-electron chi connectivity index (χ3n) is 8.00. The van der Waals surface area contributed by atoms with Crippen molar-refractivity contribution in [3.05, 3.63) is 83.6 Å². The molecule has 2 aromatic carbocycles. The Morgan fingerprint density at radius 2 is 1.51 bits per heavy atom. The molecule has 0 N–H and O–H groups in total. The molecule has 5 rings (SSSR count). The highest BCUT2D eigenvalue weighted by atomic mass is 28.4. The Morgan fingerprint density at radius 1 is 0.919 bits per heavy atom. The van der Waals surface area contributed by atoms with Crippen molar-refractivity contribution in [1.29, 1.82) is 0 Å². The Morgan fingerprint density at radius 3 is 2.05 bits per heavy atom. The molecule has 0 radical (unpaired) electrons. The van der Waals surface area contributed by atoms with Gasteiger partial charge in [0.25, 0.3) is 8.32 Å². The lowest BCUT2D eigenvalue weighted by atomic mass is 9.90. The number of rotatable bonds is 6. The highest BCUT2D eigenvalue weighted by Gasteiger charge is 2.52. The van der Waals surface area contributed by atoms with Gasteiger partial charge >= 0.3 is 0 Å². The highest BCUT2D eigenvalue weighted by Crippen LogP contribution is 2.44. The highest BCUT2D eigenvalue weighted by molar-refractivity contribution is 6.99. The Balaban J connectivity index is 1.48. The first-order valence-electron chi connectivity index (χ1n) is 13.5. The van der Waals surface area contributed by atoms with Crippen molar-refractivity contribution in [2.75, 3.05) is 13.2 Å². The van der Waals surface area contributed by atoms with Crippen LogP contribution in [0, 0.1) is 5.92 Å². The van der Waals surface area contributed by atoms with Crippen LogP contribution in [0.15, 0.2) is 83.6 Å². The molecule has 3 aliphatic rings. The van der Waals surface area contributed by atoms with E-state index in [0.29, 0.717) is 25.4 Å². The molecular formula is C31H40O4Si2. The zero-order valence-corrected chi connectivity index (χ0v) is 25.0. The van der Waals surface area contributed by atoms with Gasteiger partial charge in [-0.25, -0.2) is 0 Å². The molecule has 1 aliphatic carbocycles. The van der Waals surface area contributed by atoms with E-state index >= 15 is 0 Å². The number of fused-ring (bicyclic) bond motifs is 3. The molecule has 1 fully saturated rings. The first-order chi connectivity index (χ1) is 17.5. The van der Waals surface area contributed by atoms with E-state index < -0.39 is 16.4 Å². The van der Waals surface area contributed by atoms with Gasteiger partial charge in [0.05, 0.1) is 27.4 Å². The van der Waals surface area contributed by atoms with Crippen LogP contribution in [0.2, 0.25) is 24.7 Å². The van der Waals surface area contributed by atoms with Gasteiger partial charge in [0.1, 0.15) is 12.2 Å². The predicted molar refractivity (Wildman–Crippen MR) is 155 cm³/mol. The summed E-state index contributed by atoms with van der Waals surface area (Å²) in [6.07, 6.45) is 4.27. The fraction of sp³-hybridized carbons (Fsp3) is 0.452. The summed E-state index contributed by atoms with van der Waals surface area (Å²) < 4.78 is 20.1. The second kappa shape index (κ2) is 9.90. The van der Waals surface area contributed by atoms with Crippen LogP contribution in [0.4, 0.5) is 0 Å². The van der Waals surface area contributed by atoms with Crippen molar-refractivity contribution in [2.24, 2.45) is 5.92 Å². The molecule has 4 nitrogen and oxygen atoms in total. The van der Waals surface area contributed by atoms with Gasteiger partial charge < -0.3 is 13.9 Å². The van der Waals surface area contributed by atoms with E-state index in [2.05, 4.69) is 113 Å². The molecule has 0 saturated carbocycles. The van der Waals surface area contributed by atoms with E-state index in [0.717, 1.165) is 5.20 Å². The van der Waals surface area contributed by atoms with Crippen molar-refractivity contribution < 1.29 is 18.7 Å². The van der Waals surface area contributed by atoms with Crippen molar-refractivity contribution in [2.45, 2.75) is 70.2 Å². The van der Waals surface area contributed by atoms with Crippen LogP contribution in [-0.2, 0) is 18.7 Å². The van der Waals surface area contributed by atoms with Gasteiger partial charge in [0.15, 0.2) is 5.78 Å². The van der Waals surface area contributed by atoms with Crippen molar-refractivity contribution >= 4 is 32.5 Å². The van der Waals surface area contributed by atoms with Crippen LogP contribution in [0.1, 0.15) is 27.2 Å². The number of ether oxygens (including phenoxy) is 2. The number of Topliss-reactive ketones (excluding diaryl/α,β-unsaturated/α-hetero) is 1. The summed E-state index contributed by atoms with van der Waals surface area (Å²) in [5.41, 5.74) is 1.22. The van der Waals surface area contributed by atoms with Crippen LogP contribution < -0.4 is 10.4 Å². The zero-order valence-electron chi connectivity index (χ0n) is 23.0. The van der Waals surface area contributed by atoms with E-state index in [1.165, 1.54) is 15.9 Å². The third kappa shape index (κ3) is 4.79. The third-order valence-corrected chi connectivity index (χ3v) is 15.1. The molecule has 0 unspecified atom stereocenters. The molecule has 2 aromatic rings. The Labute approximate surface area is 223 Å². The summed E-state index contributed by atoms with van der Waals surface area (Å²) in [4.78, 5) is 13.1. The minimum absolute atomic E-state index is 0.0962. The second-order valence-electron chi connectivity index (χ2n) is 12.7. The first-order valence-corrected chi connectivity index (χ1v) is 18.9. The lowest BCUT2D eigenvalue weighted by molar-refractivity contribution is -0.117. The fourth-order valence-electron chi connectivity index (χ4n) is 6.50. The van der Waals surface area contributed by atoms with E-state index in [4.69, 9.17) is 13.9 Å². The zero-order chi connectivity index (χ0) is 26.4. The summed E-state index contributed by atoms with van der Waals surface area (Å²) in [7, 11) is -4.47. The van der Waals surface area contributed by atoms with Crippen molar-refractivity contribution in [3.8, 4) is 0 Å². The molecule has 0 bridgehead atoms. The van der Waals surface area contributed by atoms with Gasteiger partial charge in [-0.05, 0) is 26.2 Å². The molecule has 196 valence electrons. The maximum absolute atomic E-state index is 13.1. The molecule has 0 amide bonds. The molecule has 4 atom stereocenters. The lowest BCUT2D eigenvalue weighted by Gasteiger charge is -2.45. The summed E-state index contributed by atoms with van der Waals surface area (Å²) >= 11 is 0. The number of allylic oxidation sites excluding steroid dienone is 1. The smallest absolute Gasteiger partial charge is 0.261 e. The topological polar surface area (TPSA) is 44.8 Å². The van der Waals surface area contributed by atoms with Crippen molar-refractivity contribution in [3.63, 3.8) is 0 Å². The van der Waals surface area contributed by atoms with Crippen molar-refractivity contribution in [1.82, 2.24) is 0 Å². The number of ketones is 1. The van der Waals surface area contributed by atoms with E-state index in [9.17, 15) is 4.79 Å². The van der Waals surface area contributed by atoms with Gasteiger partial charge in [-0.15, -0.1) is 0 Å². The second-order valence-corrected chi connectivity index (χ2v) is 22.0. The van der Waals surface area contributed by atoms with Crippen LogP contribution in [0.3, 0.4) is 0 Å². The monoisotopic (exact) mass is 532 g/mol. The molecule has 6 heteroatoms. The quantitative estimate of drug-likeness (QED) is 0.386. The van der Waals surface area contributed by atoms with Gasteiger partial charge in [-0.3, -0.25) is 4.79 Å². The van der Waals surface area contributed by atoms with E-state index in [-0.39, 0.29) is 29.3 Å². The van der Waals surface area contributed by atoms with Gasteiger partial charge in [-0.2, -0.15) is 0 Å². The number of benzene rings is 2. The molecule has 2 heterocycles. The molecule has 0 aromatic heterocycles. The summed E-state index contributed by atoms with van der Waals surface area (Å²) in [6, 6.07) is 21.4. The van der Waals surface area contributed by atoms with Crippen LogP contribution in [-0.4, -0.2) is 53.7 Å². The van der Waals surface area contributed by atoms with Crippen LogP contribution in [0.5, 0.6) is 0 Å². The number of hydrogen-bond donors (Lipinski definition) is 0. The average molecular weight is 533 g/mol. The summed E-state index contributed by atoms with van der Waals surface area (Å²) in [5, 5.41) is 3.51. The van der Waals surface area contributed by atoms with Gasteiger partial charge in [0, 0.05) is 12.3 Å². The van der Waals surface area contributed by atoms with Gasteiger partial charge in [0.2, 0.25) is 0 Å². The molecule has 2 aliphatic heterocycles. The number of hydrogen-bond acceptors (Lipinski definition) is 4. The van der Waals surface area contributed by atoms with E-state index in [1.54, 1.807) is 0 Å². The lowest BCUT2D eigenvalue weighted by Crippen LogP contribution is -2.67. The van der Waals surface area contributed by atoms with Crippen LogP contribution >= 0.6 is 0 Å². The molecule has 1 saturated heterocycles. The maximum Gasteiger partial charge on any atom is 0.261 e. The Hall–Kier alpha value is -2.10. The largest absolute Gasteiger partial charge is 0.404 e. The molecule has 0 spiro atoms. The van der Waals surface area contributed by atoms with E-state index in [1.807, 2.05) is 0 Å². The summed E-state index contributed by atoms with van der Waals surface area (Å²) in [6.45, 7) is 14.7. The maximum atomic E-state index is 13.1. The minimum Gasteiger partial charge on any atom is -0.404 e. The fourth-order valence-corrected chi connectivity index (χ4v) is 13.2. The van der Waals surface area contributed by atoms with Gasteiger partial charge in [-0.1, -0.05) is 113 Å². The Kier molecular flexibility index (Phi) is 7.09. The molecule has 37 heavy (non-hydrogen) atoms. The number of carbonyl (C=O) groups excluding carboxylic acids is 1. The first kappa shape index (κ1) is 26.5. The average Bonchev–Trinajstić information content (AvgIpc) is 3.22. The predicted octanol–water partition coefficient (Wildman–Crippen LogP) is 5.05. The molecular weight excluding hydrogens is 493 g/mol. The minimum atomic E-state index is -2.66. The van der Waals surface area contributed by atoms with Crippen LogP contribution in [0.25, 0.3) is 0 Å². The Bertz CT molecular complexity index is 1150. The normalized spacial score (nSPS) is 26.3. The number of carbonyl (C=O) groups is 1.